The Kier molecular flexibility index (Phi) is 3.97. The second-order valence-electron chi connectivity index (χ2n) is 7.72. The van der Waals surface area contributed by atoms with Gasteiger partial charge in [0.1, 0.15) is 5.82 Å². The van der Waals surface area contributed by atoms with Crippen molar-refractivity contribution in [3.05, 3.63) is 59.9 Å². The summed E-state index contributed by atoms with van der Waals surface area (Å²) in [4.78, 5) is 19.9. The normalized spacial score (nSPS) is 20.3. The first-order valence-electron chi connectivity index (χ1n) is 9.78. The highest BCUT2D eigenvalue weighted by Crippen LogP contribution is 2.30. The minimum Gasteiger partial charge on any atom is -0.348 e. The van der Waals surface area contributed by atoms with Crippen LogP contribution >= 0.6 is 0 Å². The van der Waals surface area contributed by atoms with Gasteiger partial charge in [0.2, 0.25) is 0 Å². The fourth-order valence-electron chi connectivity index (χ4n) is 4.19. The van der Waals surface area contributed by atoms with Crippen molar-refractivity contribution in [3.63, 3.8) is 0 Å². The van der Waals surface area contributed by atoms with Crippen molar-refractivity contribution in [3.8, 4) is 5.69 Å². The maximum atomic E-state index is 12.7. The zero-order valence-electron chi connectivity index (χ0n) is 15.6. The topological polar surface area (TPSA) is 50.2 Å². The Morgan fingerprint density at radius 3 is 2.70 bits per heavy atom. The van der Waals surface area contributed by atoms with Gasteiger partial charge in [-0.05, 0) is 56.5 Å². The van der Waals surface area contributed by atoms with Crippen molar-refractivity contribution in [2.45, 2.75) is 38.3 Å². The minimum atomic E-state index is 0.00598. The van der Waals surface area contributed by atoms with Crippen molar-refractivity contribution >= 4 is 16.9 Å². The molecule has 1 saturated carbocycles. The van der Waals surface area contributed by atoms with E-state index in [1.54, 1.807) is 0 Å². The second kappa shape index (κ2) is 6.50. The summed E-state index contributed by atoms with van der Waals surface area (Å²) in [5.74, 6) is 0.927. The number of amides is 1. The molecule has 1 unspecified atom stereocenters. The van der Waals surface area contributed by atoms with Gasteiger partial charge in [-0.1, -0.05) is 18.2 Å². The zero-order chi connectivity index (χ0) is 18.4. The number of nitrogens with one attached hydrogen (secondary N) is 1. The summed E-state index contributed by atoms with van der Waals surface area (Å²) in [6, 6.07) is 17.0. The number of aryl methyl sites for hydroxylation is 1. The summed E-state index contributed by atoms with van der Waals surface area (Å²) in [5.41, 5.74) is 3.65. The Morgan fingerprint density at radius 1 is 1.11 bits per heavy atom. The Morgan fingerprint density at radius 2 is 1.93 bits per heavy atom. The van der Waals surface area contributed by atoms with E-state index in [1.807, 2.05) is 43.3 Å². The summed E-state index contributed by atoms with van der Waals surface area (Å²) >= 11 is 0. The molecule has 0 bridgehead atoms. The maximum Gasteiger partial charge on any atom is 0.251 e. The molecule has 3 aromatic rings. The van der Waals surface area contributed by atoms with Gasteiger partial charge < -0.3 is 5.32 Å². The standard InChI is InChI=1S/C22H24N4O/c1-15-23-20-13-16(7-10-21(20)26(15)19-5-3-2-4-6-19)22(27)24-17-11-12-25(14-17)18-8-9-18/h2-7,10,13,17-18H,8-9,11-12,14H2,1H3,(H,24,27). The Labute approximate surface area is 159 Å². The van der Waals surface area contributed by atoms with Crippen LogP contribution in [0.15, 0.2) is 48.5 Å². The van der Waals surface area contributed by atoms with Gasteiger partial charge in [-0.25, -0.2) is 4.98 Å². The molecule has 2 heterocycles. The molecule has 1 aromatic heterocycles. The van der Waals surface area contributed by atoms with Gasteiger partial charge >= 0.3 is 0 Å². The van der Waals surface area contributed by atoms with E-state index in [0.717, 1.165) is 48.1 Å². The summed E-state index contributed by atoms with van der Waals surface area (Å²) in [7, 11) is 0. The van der Waals surface area contributed by atoms with Crippen LogP contribution in [0.2, 0.25) is 0 Å². The SMILES string of the molecule is Cc1nc2cc(C(=O)NC3CCN(C4CC4)C3)ccc2n1-c1ccccc1. The predicted octanol–water partition coefficient (Wildman–Crippen LogP) is 3.30. The summed E-state index contributed by atoms with van der Waals surface area (Å²) in [6.45, 7) is 4.09. The molecule has 5 rings (SSSR count). The molecule has 2 fully saturated rings. The van der Waals surface area contributed by atoms with Gasteiger partial charge in [0, 0.05) is 36.4 Å². The lowest BCUT2D eigenvalue weighted by molar-refractivity contribution is 0.0937. The molecule has 138 valence electrons. The molecule has 1 N–H and O–H groups in total. The number of nitrogens with zero attached hydrogens (tertiary/aromatic N) is 3. The number of rotatable bonds is 4. The number of likely N-dealkylation sites (tertiary alicyclic amines) is 1. The highest BCUT2D eigenvalue weighted by atomic mass is 16.1. The van der Waals surface area contributed by atoms with Crippen LogP contribution in [0, 0.1) is 6.92 Å². The van der Waals surface area contributed by atoms with Gasteiger partial charge in [-0.2, -0.15) is 0 Å². The van der Waals surface area contributed by atoms with Crippen LogP contribution in [0.1, 0.15) is 35.4 Å². The molecule has 5 nitrogen and oxygen atoms in total. The number of imidazole rings is 1. The number of benzene rings is 2. The Hall–Kier alpha value is -2.66. The molecule has 1 aliphatic heterocycles. The zero-order valence-corrected chi connectivity index (χ0v) is 15.6. The largest absolute Gasteiger partial charge is 0.348 e. The predicted molar refractivity (Wildman–Crippen MR) is 106 cm³/mol. The minimum absolute atomic E-state index is 0.00598. The van der Waals surface area contributed by atoms with E-state index >= 15 is 0 Å². The smallest absolute Gasteiger partial charge is 0.251 e. The van der Waals surface area contributed by atoms with Gasteiger partial charge in [0.25, 0.3) is 5.91 Å². The van der Waals surface area contributed by atoms with E-state index in [4.69, 9.17) is 0 Å². The van der Waals surface area contributed by atoms with Crippen LogP contribution in [0.25, 0.3) is 16.7 Å². The van der Waals surface area contributed by atoms with Crippen molar-refractivity contribution < 1.29 is 4.79 Å². The van der Waals surface area contributed by atoms with E-state index in [2.05, 4.69) is 31.9 Å². The Balaban J connectivity index is 1.38. The monoisotopic (exact) mass is 360 g/mol. The molecule has 2 aromatic carbocycles. The number of aromatic nitrogens is 2. The van der Waals surface area contributed by atoms with Crippen LogP contribution in [0.4, 0.5) is 0 Å². The van der Waals surface area contributed by atoms with Gasteiger partial charge in [-0.15, -0.1) is 0 Å². The van der Waals surface area contributed by atoms with E-state index < -0.39 is 0 Å². The van der Waals surface area contributed by atoms with E-state index in [-0.39, 0.29) is 11.9 Å². The van der Waals surface area contributed by atoms with Crippen molar-refractivity contribution in [1.29, 1.82) is 0 Å². The van der Waals surface area contributed by atoms with E-state index in [0.29, 0.717) is 5.56 Å². The fourth-order valence-corrected chi connectivity index (χ4v) is 4.19. The highest BCUT2D eigenvalue weighted by Gasteiger charge is 2.34. The average molecular weight is 360 g/mol. The summed E-state index contributed by atoms with van der Waals surface area (Å²) in [6.07, 6.45) is 3.69. The van der Waals surface area contributed by atoms with Crippen molar-refractivity contribution in [1.82, 2.24) is 19.8 Å². The van der Waals surface area contributed by atoms with Crippen LogP contribution in [-0.4, -0.2) is 45.5 Å². The molecule has 5 heteroatoms. The van der Waals surface area contributed by atoms with E-state index in [9.17, 15) is 4.79 Å². The number of fused-ring (bicyclic) bond motifs is 1. The lowest BCUT2D eigenvalue weighted by Crippen LogP contribution is -2.37. The molecule has 1 atom stereocenters. The number of para-hydroxylation sites is 1. The first-order valence-corrected chi connectivity index (χ1v) is 9.78. The molecule has 2 aliphatic rings. The number of hydrogen-bond acceptors (Lipinski definition) is 3. The number of hydrogen-bond donors (Lipinski definition) is 1. The lowest BCUT2D eigenvalue weighted by Gasteiger charge is -2.15. The van der Waals surface area contributed by atoms with Crippen LogP contribution in [0.3, 0.4) is 0 Å². The number of carbonyl (C=O) groups is 1. The van der Waals surface area contributed by atoms with Crippen LogP contribution < -0.4 is 5.32 Å². The quantitative estimate of drug-likeness (QED) is 0.777. The molecule has 27 heavy (non-hydrogen) atoms. The third-order valence-corrected chi connectivity index (χ3v) is 5.72. The molecule has 0 radical (unpaired) electrons. The van der Waals surface area contributed by atoms with Crippen LogP contribution in [-0.2, 0) is 0 Å². The first-order chi connectivity index (χ1) is 13.2. The van der Waals surface area contributed by atoms with Gasteiger partial charge in [0.05, 0.1) is 11.0 Å². The Bertz CT molecular complexity index is 990. The molecular weight excluding hydrogens is 336 g/mol. The lowest BCUT2D eigenvalue weighted by atomic mass is 10.1. The van der Waals surface area contributed by atoms with Gasteiger partial charge in [0.15, 0.2) is 0 Å². The maximum absolute atomic E-state index is 12.7. The first kappa shape index (κ1) is 16.5. The third kappa shape index (κ3) is 3.12. The van der Waals surface area contributed by atoms with E-state index in [1.165, 1.54) is 12.8 Å². The molecular formula is C22H24N4O. The van der Waals surface area contributed by atoms with Gasteiger partial charge in [-0.3, -0.25) is 14.3 Å². The average Bonchev–Trinajstić information content (AvgIpc) is 3.34. The molecule has 1 saturated heterocycles. The summed E-state index contributed by atoms with van der Waals surface area (Å²) in [5, 5.41) is 3.21. The van der Waals surface area contributed by atoms with Crippen molar-refractivity contribution in [2.75, 3.05) is 13.1 Å². The second-order valence-corrected chi connectivity index (χ2v) is 7.72. The third-order valence-electron chi connectivity index (χ3n) is 5.72. The van der Waals surface area contributed by atoms with Crippen molar-refractivity contribution in [2.24, 2.45) is 0 Å². The molecule has 1 aliphatic carbocycles. The highest BCUT2D eigenvalue weighted by molar-refractivity contribution is 5.97. The number of carbonyl (C=O) groups excluding carboxylic acids is 1. The molecule has 1 amide bonds. The summed E-state index contributed by atoms with van der Waals surface area (Å²) < 4.78 is 2.13. The van der Waals surface area contributed by atoms with Crippen LogP contribution in [0.5, 0.6) is 0 Å². The fraction of sp³-hybridized carbons (Fsp3) is 0.364. The molecule has 0 spiro atoms.